The van der Waals surface area contributed by atoms with Crippen LogP contribution in [0.3, 0.4) is 0 Å². The molecule has 116 valence electrons. The lowest BCUT2D eigenvalue weighted by Crippen LogP contribution is -2.27. The predicted molar refractivity (Wildman–Crippen MR) is 78.3 cm³/mol. The zero-order chi connectivity index (χ0) is 15.6. The van der Waals surface area contributed by atoms with Crippen LogP contribution in [0.15, 0.2) is 53.0 Å². The van der Waals surface area contributed by atoms with E-state index in [1.807, 2.05) is 12.3 Å². The second-order valence-corrected chi connectivity index (χ2v) is 6.49. The van der Waals surface area contributed by atoms with E-state index in [0.717, 1.165) is 11.1 Å². The highest BCUT2D eigenvalue weighted by atomic mass is 32.2. The number of nitrogens with zero attached hydrogens (tertiary/aromatic N) is 4. The van der Waals surface area contributed by atoms with Gasteiger partial charge in [0.2, 0.25) is 0 Å². The van der Waals surface area contributed by atoms with E-state index in [4.69, 9.17) is 4.42 Å². The molecule has 0 unspecified atom stereocenters. The summed E-state index contributed by atoms with van der Waals surface area (Å²) in [6, 6.07) is 1.84. The van der Waals surface area contributed by atoms with E-state index >= 15 is 0 Å². The van der Waals surface area contributed by atoms with Crippen LogP contribution in [0.25, 0.3) is 11.1 Å². The first-order chi connectivity index (χ1) is 10.5. The third-order valence-electron chi connectivity index (χ3n) is 3.08. The van der Waals surface area contributed by atoms with E-state index in [-0.39, 0.29) is 11.6 Å². The molecule has 0 aliphatic rings. The quantitative estimate of drug-likeness (QED) is 0.726. The minimum Gasteiger partial charge on any atom is -0.472 e. The van der Waals surface area contributed by atoms with Crippen LogP contribution in [0, 0.1) is 0 Å². The van der Waals surface area contributed by atoms with Gasteiger partial charge in [-0.2, -0.15) is 5.10 Å². The third kappa shape index (κ3) is 3.10. The van der Waals surface area contributed by atoms with Crippen LogP contribution < -0.4 is 4.72 Å². The summed E-state index contributed by atoms with van der Waals surface area (Å²) in [6.07, 6.45) is 9.66. The number of aryl methyl sites for hydroxylation is 1. The number of hydrogen-bond donors (Lipinski definition) is 1. The van der Waals surface area contributed by atoms with Crippen molar-refractivity contribution in [2.45, 2.75) is 11.6 Å². The van der Waals surface area contributed by atoms with Crippen LogP contribution in [-0.2, 0) is 23.6 Å². The molecule has 0 saturated carbocycles. The molecular formula is C13H15N5O3S. The van der Waals surface area contributed by atoms with Gasteiger partial charge >= 0.3 is 0 Å². The summed E-state index contributed by atoms with van der Waals surface area (Å²) in [5, 5.41) is 4.20. The van der Waals surface area contributed by atoms with E-state index in [9.17, 15) is 8.42 Å². The molecule has 0 aromatic carbocycles. The Labute approximate surface area is 127 Å². The van der Waals surface area contributed by atoms with Gasteiger partial charge in [0.15, 0.2) is 5.03 Å². The first-order valence-corrected chi connectivity index (χ1v) is 8.05. The number of rotatable bonds is 6. The maximum atomic E-state index is 12.0. The zero-order valence-corrected chi connectivity index (χ0v) is 12.7. The zero-order valence-electron chi connectivity index (χ0n) is 11.9. The van der Waals surface area contributed by atoms with E-state index in [1.54, 1.807) is 35.0 Å². The van der Waals surface area contributed by atoms with Gasteiger partial charge in [0.25, 0.3) is 10.0 Å². The van der Waals surface area contributed by atoms with Gasteiger partial charge in [0, 0.05) is 37.1 Å². The van der Waals surface area contributed by atoms with Crippen molar-refractivity contribution < 1.29 is 12.8 Å². The maximum Gasteiger partial charge on any atom is 0.259 e. The van der Waals surface area contributed by atoms with Crippen molar-refractivity contribution >= 4 is 10.0 Å². The Bertz CT molecular complexity index is 848. The van der Waals surface area contributed by atoms with Crippen molar-refractivity contribution in [3.8, 4) is 11.1 Å². The van der Waals surface area contributed by atoms with Crippen molar-refractivity contribution in [3.05, 3.63) is 43.5 Å². The van der Waals surface area contributed by atoms with Gasteiger partial charge in [0.1, 0.15) is 0 Å². The van der Waals surface area contributed by atoms with Gasteiger partial charge in [0.05, 0.1) is 31.6 Å². The summed E-state index contributed by atoms with van der Waals surface area (Å²) in [5.41, 5.74) is 1.85. The lowest BCUT2D eigenvalue weighted by atomic mass is 10.2. The summed E-state index contributed by atoms with van der Waals surface area (Å²) >= 11 is 0. The fourth-order valence-corrected chi connectivity index (χ4v) is 2.96. The smallest absolute Gasteiger partial charge is 0.259 e. The van der Waals surface area contributed by atoms with Crippen molar-refractivity contribution in [1.82, 2.24) is 24.1 Å². The molecule has 22 heavy (non-hydrogen) atoms. The van der Waals surface area contributed by atoms with Crippen molar-refractivity contribution in [3.63, 3.8) is 0 Å². The molecule has 0 spiro atoms. The molecule has 3 heterocycles. The molecule has 0 radical (unpaired) electrons. The largest absolute Gasteiger partial charge is 0.472 e. The topological polar surface area (TPSA) is 95.0 Å². The van der Waals surface area contributed by atoms with Crippen molar-refractivity contribution in [2.24, 2.45) is 7.05 Å². The van der Waals surface area contributed by atoms with Crippen LogP contribution in [0.5, 0.6) is 0 Å². The summed E-state index contributed by atoms with van der Waals surface area (Å²) < 4.78 is 34.8. The second kappa shape index (κ2) is 5.78. The van der Waals surface area contributed by atoms with Gasteiger partial charge in [-0.15, -0.1) is 0 Å². The molecule has 0 atom stereocenters. The Morgan fingerprint density at radius 2 is 2.18 bits per heavy atom. The normalized spacial score (nSPS) is 11.9. The van der Waals surface area contributed by atoms with Gasteiger partial charge in [-0.05, 0) is 6.07 Å². The maximum absolute atomic E-state index is 12.0. The number of sulfonamides is 1. The summed E-state index contributed by atoms with van der Waals surface area (Å²) in [5.74, 6) is 0. The third-order valence-corrected chi connectivity index (χ3v) is 4.42. The van der Waals surface area contributed by atoms with Crippen LogP contribution in [0.1, 0.15) is 0 Å². The van der Waals surface area contributed by atoms with Gasteiger partial charge in [-0.3, -0.25) is 4.68 Å². The van der Waals surface area contributed by atoms with Crippen molar-refractivity contribution in [1.29, 1.82) is 0 Å². The molecule has 3 aromatic rings. The molecule has 9 heteroatoms. The summed E-state index contributed by atoms with van der Waals surface area (Å²) in [4.78, 5) is 3.83. The standard InChI is InChI=1S/C13H15N5O3S/c1-17-8-13(14-10-17)22(19,20)16-3-4-18-7-12(6-15-18)11-2-5-21-9-11/h2,5-10,16H,3-4H2,1H3. The van der Waals surface area contributed by atoms with E-state index in [1.165, 1.54) is 12.5 Å². The summed E-state index contributed by atoms with van der Waals surface area (Å²) in [7, 11) is -1.87. The molecule has 0 aliphatic heterocycles. The molecule has 8 nitrogen and oxygen atoms in total. The fraction of sp³-hybridized carbons (Fsp3) is 0.231. The Morgan fingerprint density at radius 1 is 1.32 bits per heavy atom. The SMILES string of the molecule is Cn1cnc(S(=O)(=O)NCCn2cc(-c3ccoc3)cn2)c1. The first kappa shape index (κ1) is 14.5. The Morgan fingerprint density at radius 3 is 2.86 bits per heavy atom. The fourth-order valence-electron chi connectivity index (χ4n) is 1.96. The van der Waals surface area contributed by atoms with Crippen molar-refractivity contribution in [2.75, 3.05) is 6.54 Å². The molecule has 0 aliphatic carbocycles. The molecular weight excluding hydrogens is 306 g/mol. The highest BCUT2D eigenvalue weighted by Gasteiger charge is 2.16. The monoisotopic (exact) mass is 321 g/mol. The Balaban J connectivity index is 1.59. The number of nitrogens with one attached hydrogen (secondary N) is 1. The number of aromatic nitrogens is 4. The lowest BCUT2D eigenvalue weighted by Gasteiger charge is -2.04. The first-order valence-electron chi connectivity index (χ1n) is 6.57. The van der Waals surface area contributed by atoms with Crippen LogP contribution >= 0.6 is 0 Å². The molecule has 0 bridgehead atoms. The Kier molecular flexibility index (Phi) is 3.82. The molecule has 3 rings (SSSR count). The number of hydrogen-bond acceptors (Lipinski definition) is 5. The molecule has 0 saturated heterocycles. The average Bonchev–Trinajstić information content (AvgIpc) is 3.18. The van der Waals surface area contributed by atoms with E-state index < -0.39 is 10.0 Å². The van der Waals surface area contributed by atoms with Crippen LogP contribution in [0.2, 0.25) is 0 Å². The van der Waals surface area contributed by atoms with E-state index in [2.05, 4.69) is 14.8 Å². The molecule has 1 N–H and O–H groups in total. The Hall–Kier alpha value is -2.39. The predicted octanol–water partition coefficient (Wildman–Crippen LogP) is 0.855. The minimum absolute atomic E-state index is 0.00884. The van der Waals surface area contributed by atoms with Gasteiger partial charge in [-0.25, -0.2) is 18.1 Å². The minimum atomic E-state index is -3.58. The van der Waals surface area contributed by atoms with Crippen LogP contribution in [0.4, 0.5) is 0 Å². The van der Waals surface area contributed by atoms with E-state index in [0.29, 0.717) is 6.54 Å². The summed E-state index contributed by atoms with van der Waals surface area (Å²) in [6.45, 7) is 0.648. The lowest BCUT2D eigenvalue weighted by molar-refractivity contribution is 0.558. The highest BCUT2D eigenvalue weighted by molar-refractivity contribution is 7.89. The second-order valence-electron chi connectivity index (χ2n) is 4.78. The van der Waals surface area contributed by atoms with Gasteiger partial charge in [-0.1, -0.05) is 0 Å². The molecule has 3 aromatic heterocycles. The van der Waals surface area contributed by atoms with Gasteiger partial charge < -0.3 is 8.98 Å². The number of furan rings is 1. The highest BCUT2D eigenvalue weighted by Crippen LogP contribution is 2.18. The number of imidazole rings is 1. The molecule has 0 amide bonds. The molecule has 0 fully saturated rings. The average molecular weight is 321 g/mol. The van der Waals surface area contributed by atoms with Crippen LogP contribution in [-0.4, -0.2) is 34.3 Å².